The molecule has 4 aliphatic rings. The molecule has 4 saturated carbocycles. The molecule has 0 aromatic carbocycles. The predicted octanol–water partition coefficient (Wildman–Crippen LogP) is 3.99. The van der Waals surface area contributed by atoms with Gasteiger partial charge in [0.25, 0.3) is 0 Å². The molecule has 0 aliphatic heterocycles. The molecule has 0 saturated heterocycles. The van der Waals surface area contributed by atoms with Crippen LogP contribution in [0.3, 0.4) is 0 Å². The number of nitrogens with zero attached hydrogens (tertiary/aromatic N) is 1. The van der Waals surface area contributed by atoms with Crippen molar-refractivity contribution < 1.29 is 14.7 Å². The zero-order valence-electron chi connectivity index (χ0n) is 18.6. The molecule has 0 heterocycles. The Morgan fingerprint density at radius 2 is 1.93 bits per heavy atom. The van der Waals surface area contributed by atoms with E-state index < -0.39 is 11.2 Å². The van der Waals surface area contributed by atoms with Gasteiger partial charge in [0, 0.05) is 30.2 Å². The first-order chi connectivity index (χ1) is 13.5. The maximum atomic E-state index is 12.6. The summed E-state index contributed by atoms with van der Waals surface area (Å²) in [6.07, 6.45) is 6.53. The molecular formula is C24H38N2O3. The molecule has 0 amide bonds. The first-order valence-corrected chi connectivity index (χ1v) is 11.3. The van der Waals surface area contributed by atoms with E-state index >= 15 is 0 Å². The van der Waals surface area contributed by atoms with Crippen molar-refractivity contribution >= 4 is 11.5 Å². The van der Waals surface area contributed by atoms with Gasteiger partial charge >= 0.3 is 0 Å². The zero-order chi connectivity index (χ0) is 21.2. The van der Waals surface area contributed by atoms with Crippen LogP contribution in [0, 0.1) is 28.6 Å². The van der Waals surface area contributed by atoms with E-state index in [1.165, 1.54) is 0 Å². The van der Waals surface area contributed by atoms with Gasteiger partial charge in [-0.15, -0.1) is 0 Å². The highest BCUT2D eigenvalue weighted by Crippen LogP contribution is 2.67. The van der Waals surface area contributed by atoms with Crippen LogP contribution in [0.4, 0.5) is 0 Å². The Morgan fingerprint density at radius 1 is 1.21 bits per heavy atom. The summed E-state index contributed by atoms with van der Waals surface area (Å²) in [5, 5.41) is 16.3. The standard InChI is InChI=1S/C24H38N2O3/c1-15-12-24(28)13-16(26-29-21(2,3)14-25)8-11-23(24,5)18-9-10-22(4)17(20(15)18)6-7-19(22)27/h17-18,20,28H,1,6-14,25H2,2-5H3/t17-,18-,20-,22-,23+,24+/m0/s1. The molecule has 0 bridgehead atoms. The van der Waals surface area contributed by atoms with Crippen molar-refractivity contribution in [2.75, 3.05) is 6.54 Å². The number of fused-ring (bicyclic) bond motifs is 5. The highest BCUT2D eigenvalue weighted by Gasteiger charge is 2.65. The third kappa shape index (κ3) is 3.03. The van der Waals surface area contributed by atoms with Gasteiger partial charge in [0.05, 0.1) is 11.3 Å². The molecule has 29 heavy (non-hydrogen) atoms. The minimum absolute atomic E-state index is 0.172. The Hall–Kier alpha value is -1.20. The van der Waals surface area contributed by atoms with Gasteiger partial charge < -0.3 is 15.7 Å². The lowest BCUT2D eigenvalue weighted by atomic mass is 9.43. The van der Waals surface area contributed by atoms with Gasteiger partial charge in [-0.3, -0.25) is 4.79 Å². The van der Waals surface area contributed by atoms with Gasteiger partial charge in [-0.05, 0) is 70.1 Å². The van der Waals surface area contributed by atoms with Crippen LogP contribution in [0.15, 0.2) is 17.3 Å². The van der Waals surface area contributed by atoms with Crippen LogP contribution >= 0.6 is 0 Å². The van der Waals surface area contributed by atoms with Crippen molar-refractivity contribution in [1.29, 1.82) is 0 Å². The fourth-order valence-electron chi connectivity index (χ4n) is 7.05. The van der Waals surface area contributed by atoms with E-state index in [9.17, 15) is 9.90 Å². The zero-order valence-corrected chi connectivity index (χ0v) is 18.6. The Bertz CT molecular complexity index is 759. The third-order valence-corrected chi connectivity index (χ3v) is 9.19. The van der Waals surface area contributed by atoms with E-state index in [-0.39, 0.29) is 10.8 Å². The maximum absolute atomic E-state index is 12.6. The molecule has 5 nitrogen and oxygen atoms in total. The second-order valence-electron chi connectivity index (χ2n) is 11.3. The fourth-order valence-corrected chi connectivity index (χ4v) is 7.05. The van der Waals surface area contributed by atoms with E-state index in [1.54, 1.807) is 0 Å². The topological polar surface area (TPSA) is 84.9 Å². The van der Waals surface area contributed by atoms with Crippen molar-refractivity contribution in [3.63, 3.8) is 0 Å². The summed E-state index contributed by atoms with van der Waals surface area (Å²) in [6.45, 7) is 13.1. The number of carbonyl (C=O) groups is 1. The van der Waals surface area contributed by atoms with E-state index in [2.05, 4.69) is 25.6 Å². The van der Waals surface area contributed by atoms with Gasteiger partial charge in [-0.2, -0.15) is 0 Å². The summed E-state index contributed by atoms with van der Waals surface area (Å²) in [5.41, 5.74) is 6.13. The Kier molecular flexibility index (Phi) is 4.83. The molecule has 0 spiro atoms. The third-order valence-electron chi connectivity index (χ3n) is 9.19. The second kappa shape index (κ2) is 6.65. The highest BCUT2D eigenvalue weighted by atomic mass is 16.6. The van der Waals surface area contributed by atoms with Crippen LogP contribution in [0.1, 0.15) is 79.1 Å². The Labute approximate surface area is 175 Å². The first-order valence-electron chi connectivity index (χ1n) is 11.3. The molecule has 4 rings (SSSR count). The number of ketones is 1. The number of rotatable bonds is 3. The van der Waals surface area contributed by atoms with E-state index in [0.29, 0.717) is 49.3 Å². The van der Waals surface area contributed by atoms with Crippen molar-refractivity contribution in [2.45, 2.75) is 90.3 Å². The quantitative estimate of drug-likeness (QED) is 0.552. The summed E-state index contributed by atoms with van der Waals surface area (Å²) in [7, 11) is 0. The molecule has 162 valence electrons. The Balaban J connectivity index is 1.61. The number of hydrogen-bond acceptors (Lipinski definition) is 5. The number of oxime groups is 1. The van der Waals surface area contributed by atoms with Gasteiger partial charge in [-0.1, -0.05) is 31.2 Å². The highest BCUT2D eigenvalue weighted by molar-refractivity contribution is 5.88. The van der Waals surface area contributed by atoms with Crippen LogP contribution < -0.4 is 5.73 Å². The van der Waals surface area contributed by atoms with Gasteiger partial charge in [0.2, 0.25) is 0 Å². The molecular weight excluding hydrogens is 364 g/mol. The maximum Gasteiger partial charge on any atom is 0.144 e. The van der Waals surface area contributed by atoms with Crippen LogP contribution in [-0.2, 0) is 9.63 Å². The van der Waals surface area contributed by atoms with Gasteiger partial charge in [0.1, 0.15) is 11.4 Å². The smallest absolute Gasteiger partial charge is 0.144 e. The molecule has 3 N–H and O–H groups in total. The summed E-state index contributed by atoms with van der Waals surface area (Å²) in [5.74, 6) is 1.58. The molecule has 0 aromatic rings. The summed E-state index contributed by atoms with van der Waals surface area (Å²) in [4.78, 5) is 18.3. The Morgan fingerprint density at radius 3 is 2.62 bits per heavy atom. The molecule has 4 aliphatic carbocycles. The predicted molar refractivity (Wildman–Crippen MR) is 114 cm³/mol. The monoisotopic (exact) mass is 402 g/mol. The second-order valence-corrected chi connectivity index (χ2v) is 11.3. The van der Waals surface area contributed by atoms with Crippen LogP contribution in [0.5, 0.6) is 0 Å². The molecule has 0 unspecified atom stereocenters. The van der Waals surface area contributed by atoms with E-state index in [0.717, 1.165) is 43.4 Å². The van der Waals surface area contributed by atoms with Crippen molar-refractivity contribution in [2.24, 2.45) is 39.5 Å². The number of Topliss-reactive ketones (excluding diaryl/α,β-unsaturated/α-hetero) is 1. The average molecular weight is 403 g/mol. The largest absolute Gasteiger partial charge is 0.389 e. The minimum atomic E-state index is -0.838. The SMILES string of the molecule is C=C1C[C@@]2(O)CC(=NOC(C)(C)CN)CC[C@]2(C)[C@H]2CC[C@]3(C)C(=O)CC[C@H]3[C@H]12. The lowest BCUT2D eigenvalue weighted by Crippen LogP contribution is -2.63. The fraction of sp³-hybridized carbons (Fsp3) is 0.833. The van der Waals surface area contributed by atoms with Crippen molar-refractivity contribution in [1.82, 2.24) is 0 Å². The summed E-state index contributed by atoms with van der Waals surface area (Å²) < 4.78 is 0. The molecule has 0 radical (unpaired) electrons. The van der Waals surface area contributed by atoms with Crippen LogP contribution in [-0.4, -0.2) is 34.3 Å². The molecule has 5 heteroatoms. The van der Waals surface area contributed by atoms with Crippen LogP contribution in [0.25, 0.3) is 0 Å². The molecule has 4 fully saturated rings. The summed E-state index contributed by atoms with van der Waals surface area (Å²) >= 11 is 0. The van der Waals surface area contributed by atoms with Crippen molar-refractivity contribution in [3.8, 4) is 0 Å². The van der Waals surface area contributed by atoms with E-state index in [4.69, 9.17) is 10.6 Å². The van der Waals surface area contributed by atoms with Crippen LogP contribution in [0.2, 0.25) is 0 Å². The number of carbonyl (C=O) groups excluding carboxylic acids is 1. The van der Waals surface area contributed by atoms with Gasteiger partial charge in [-0.25, -0.2) is 0 Å². The summed E-state index contributed by atoms with van der Waals surface area (Å²) in [6, 6.07) is 0. The lowest BCUT2D eigenvalue weighted by Gasteiger charge is -2.63. The average Bonchev–Trinajstić information content (AvgIpc) is 2.96. The first kappa shape index (κ1) is 21.0. The minimum Gasteiger partial charge on any atom is -0.389 e. The van der Waals surface area contributed by atoms with Gasteiger partial charge in [0.15, 0.2) is 0 Å². The number of nitrogens with two attached hydrogens (primary N) is 1. The molecule has 0 aromatic heterocycles. The molecule has 6 atom stereocenters. The number of hydrogen-bond donors (Lipinski definition) is 2. The normalized spacial score (nSPS) is 46.3. The van der Waals surface area contributed by atoms with E-state index in [1.807, 2.05) is 13.8 Å². The number of aliphatic hydroxyl groups is 1. The lowest BCUT2D eigenvalue weighted by molar-refractivity contribution is -0.170. The van der Waals surface area contributed by atoms with Crippen molar-refractivity contribution in [3.05, 3.63) is 12.2 Å².